The fourth-order valence-electron chi connectivity index (χ4n) is 7.55. The minimum atomic E-state index is 0.190. The lowest BCUT2D eigenvalue weighted by Crippen LogP contribution is -1.93. The second-order valence-corrected chi connectivity index (χ2v) is 14.0. The Morgan fingerprint density at radius 2 is 1.02 bits per heavy atom. The Balaban J connectivity index is 0.992. The van der Waals surface area contributed by atoms with Crippen molar-refractivity contribution < 1.29 is 13.9 Å². The zero-order valence-electron chi connectivity index (χ0n) is 30.5. The highest BCUT2D eigenvalue weighted by Gasteiger charge is 2.17. The van der Waals surface area contributed by atoms with Gasteiger partial charge >= 0.3 is 0 Å². The molecule has 0 atom stereocenters. The van der Waals surface area contributed by atoms with Gasteiger partial charge in [-0.3, -0.25) is 4.98 Å². The van der Waals surface area contributed by atoms with Crippen LogP contribution in [0.15, 0.2) is 191 Å². The van der Waals surface area contributed by atoms with Gasteiger partial charge in [-0.05, 0) is 90.3 Å². The van der Waals surface area contributed by atoms with Gasteiger partial charge in [0.05, 0.1) is 17.1 Å². The lowest BCUT2D eigenvalue weighted by atomic mass is 9.98. The number of rotatable bonds is 7. The monoisotopic (exact) mass is 722 g/mol. The third-order valence-corrected chi connectivity index (χ3v) is 10.3. The highest BCUT2D eigenvalue weighted by Crippen LogP contribution is 2.39. The van der Waals surface area contributed by atoms with E-state index in [1.165, 1.54) is 0 Å². The summed E-state index contributed by atoms with van der Waals surface area (Å²) < 4.78 is 13.0. The van der Waals surface area contributed by atoms with Crippen molar-refractivity contribution in [1.29, 1.82) is 0 Å². The lowest BCUT2D eigenvalue weighted by Gasteiger charge is -2.12. The average Bonchev–Trinajstić information content (AvgIpc) is 3.90. The van der Waals surface area contributed by atoms with Gasteiger partial charge in [-0.15, -0.1) is 0 Å². The molecule has 0 fully saturated rings. The van der Waals surface area contributed by atoms with Crippen molar-refractivity contribution in [3.05, 3.63) is 188 Å². The summed E-state index contributed by atoms with van der Waals surface area (Å²) in [6.45, 7) is 2.00. The van der Waals surface area contributed by atoms with Gasteiger partial charge in [-0.25, -0.2) is 4.98 Å². The maximum Gasteiger partial charge on any atom is 0.143 e. The van der Waals surface area contributed by atoms with Gasteiger partial charge in [0.15, 0.2) is 0 Å². The molecule has 0 aliphatic rings. The molecule has 266 valence electrons. The third-order valence-electron chi connectivity index (χ3n) is 10.3. The molecule has 10 aromatic rings. The fourth-order valence-corrected chi connectivity index (χ4v) is 7.55. The number of furan rings is 2. The Labute approximate surface area is 323 Å². The predicted molar refractivity (Wildman–Crippen MR) is 226 cm³/mol. The van der Waals surface area contributed by atoms with E-state index in [0.717, 1.165) is 95.0 Å². The van der Waals surface area contributed by atoms with Gasteiger partial charge in [0, 0.05) is 49.8 Å². The van der Waals surface area contributed by atoms with Gasteiger partial charge in [0.1, 0.15) is 28.4 Å². The molecule has 5 nitrogen and oxygen atoms in total. The number of benzene rings is 6. The number of hydrogen-bond acceptors (Lipinski definition) is 5. The summed E-state index contributed by atoms with van der Waals surface area (Å²) in [5, 5.41) is 12.9. The van der Waals surface area contributed by atoms with Crippen LogP contribution in [0.1, 0.15) is 5.69 Å². The fraction of sp³-hybridized carbons (Fsp3) is 0.0196. The summed E-state index contributed by atoms with van der Waals surface area (Å²) in [5.41, 5.74) is 13.7. The van der Waals surface area contributed by atoms with Crippen molar-refractivity contribution in [3.63, 3.8) is 0 Å². The van der Waals surface area contributed by atoms with Gasteiger partial charge in [0.2, 0.25) is 0 Å². The summed E-state index contributed by atoms with van der Waals surface area (Å²) >= 11 is 0. The van der Waals surface area contributed by atoms with Gasteiger partial charge < -0.3 is 13.9 Å². The third kappa shape index (κ3) is 6.11. The molecule has 6 aromatic carbocycles. The van der Waals surface area contributed by atoms with Gasteiger partial charge in [-0.2, -0.15) is 0 Å². The highest BCUT2D eigenvalue weighted by molar-refractivity contribution is 6.10. The van der Waals surface area contributed by atoms with E-state index in [1.54, 1.807) is 6.07 Å². The summed E-state index contributed by atoms with van der Waals surface area (Å²) in [7, 11) is 0. The Kier molecular flexibility index (Phi) is 8.11. The number of para-hydroxylation sites is 2. The molecule has 0 unspecified atom stereocenters. The van der Waals surface area contributed by atoms with Crippen molar-refractivity contribution in [3.8, 4) is 84.4 Å². The van der Waals surface area contributed by atoms with Crippen molar-refractivity contribution in [2.45, 2.75) is 6.92 Å². The van der Waals surface area contributed by atoms with E-state index in [2.05, 4.69) is 91.0 Å². The summed E-state index contributed by atoms with van der Waals surface area (Å²) in [5.74, 6) is 1.70. The number of pyridine rings is 2. The number of aryl methyl sites for hydroxylation is 1. The van der Waals surface area contributed by atoms with Crippen LogP contribution < -0.4 is 0 Å². The topological polar surface area (TPSA) is 72.3 Å². The van der Waals surface area contributed by atoms with Crippen LogP contribution in [0.4, 0.5) is 0 Å². The van der Waals surface area contributed by atoms with Gasteiger partial charge in [-0.1, -0.05) is 115 Å². The van der Waals surface area contributed by atoms with E-state index in [1.807, 2.05) is 91.9 Å². The minimum Gasteiger partial charge on any atom is -0.507 e. The van der Waals surface area contributed by atoms with Crippen LogP contribution in [0.5, 0.6) is 5.75 Å². The second kappa shape index (κ2) is 13.7. The molecule has 10 rings (SSSR count). The molecule has 4 aromatic heterocycles. The highest BCUT2D eigenvalue weighted by atomic mass is 16.3. The normalized spacial score (nSPS) is 11.4. The molecule has 0 spiro atoms. The van der Waals surface area contributed by atoms with E-state index in [0.29, 0.717) is 11.3 Å². The zero-order valence-corrected chi connectivity index (χ0v) is 30.5. The first kappa shape index (κ1) is 33.1. The van der Waals surface area contributed by atoms with E-state index in [4.69, 9.17) is 18.8 Å². The van der Waals surface area contributed by atoms with Crippen molar-refractivity contribution >= 4 is 21.9 Å². The Hall–Kier alpha value is -7.50. The Morgan fingerprint density at radius 1 is 0.393 bits per heavy atom. The quantitative estimate of drug-likeness (QED) is 0.177. The molecular weight excluding hydrogens is 689 g/mol. The van der Waals surface area contributed by atoms with Gasteiger partial charge in [0.25, 0.3) is 0 Å². The first-order chi connectivity index (χ1) is 27.5. The minimum absolute atomic E-state index is 0.190. The van der Waals surface area contributed by atoms with E-state index in [-0.39, 0.29) is 5.75 Å². The first-order valence-corrected chi connectivity index (χ1v) is 18.6. The smallest absolute Gasteiger partial charge is 0.143 e. The van der Waals surface area contributed by atoms with E-state index >= 15 is 0 Å². The molecule has 0 aliphatic carbocycles. The molecule has 5 heteroatoms. The van der Waals surface area contributed by atoms with Crippen LogP contribution in [0.3, 0.4) is 0 Å². The number of phenolic OH excluding ortho intramolecular Hbond substituents is 1. The average molecular weight is 723 g/mol. The molecule has 0 bridgehead atoms. The number of fused-ring (bicyclic) bond motifs is 3. The van der Waals surface area contributed by atoms with Crippen LogP contribution >= 0.6 is 0 Å². The molecule has 0 amide bonds. The molecule has 0 radical (unpaired) electrons. The molecular formula is C51H34N2O3. The predicted octanol–water partition coefficient (Wildman–Crippen LogP) is 13.7. The molecule has 1 N–H and O–H groups in total. The molecule has 0 saturated carbocycles. The second-order valence-electron chi connectivity index (χ2n) is 14.0. The maximum atomic E-state index is 10.7. The number of hydrogen-bond donors (Lipinski definition) is 1. The van der Waals surface area contributed by atoms with Crippen LogP contribution in [0, 0.1) is 6.92 Å². The molecule has 0 aliphatic heterocycles. The van der Waals surface area contributed by atoms with Crippen LogP contribution in [-0.4, -0.2) is 15.1 Å². The summed E-state index contributed by atoms with van der Waals surface area (Å²) in [6, 6.07) is 61.0. The van der Waals surface area contributed by atoms with Crippen LogP contribution in [-0.2, 0) is 0 Å². The summed E-state index contributed by atoms with van der Waals surface area (Å²) in [4.78, 5) is 10.0. The summed E-state index contributed by atoms with van der Waals surface area (Å²) in [6.07, 6.45) is 0. The molecule has 4 heterocycles. The van der Waals surface area contributed by atoms with Crippen molar-refractivity contribution in [2.75, 3.05) is 0 Å². The number of aromatic nitrogens is 2. The Morgan fingerprint density at radius 3 is 1.80 bits per heavy atom. The van der Waals surface area contributed by atoms with E-state index in [9.17, 15) is 5.11 Å². The first-order valence-electron chi connectivity index (χ1n) is 18.6. The van der Waals surface area contributed by atoms with Crippen LogP contribution in [0.2, 0.25) is 0 Å². The van der Waals surface area contributed by atoms with Crippen LogP contribution in [0.25, 0.3) is 101 Å². The SMILES string of the molecule is Cc1cc(-c2ccc(-c3ccc4c(c3)oc3c(-c5ccccc5)cccc34)o2)cc(-c2cccc(-c3cc(-c4ccccc4)cc(-c4ccccc4O)n3)c2)n1. The standard InChI is InChI=1S/C51H34N2O3/c1-32-26-39(49-25-24-48(55-49)37-22-23-41-42-20-11-19-40(34-14-6-3-7-15-34)51(42)56-50(41)31-37)30-44(52-32)35-16-10-17-36(27-35)45-28-38(33-12-4-2-5-13-33)29-46(53-45)43-18-8-9-21-47(43)54/h2-31,54H,1H3. The molecule has 0 saturated heterocycles. The zero-order chi connectivity index (χ0) is 37.6. The number of aromatic hydroxyl groups is 1. The van der Waals surface area contributed by atoms with Crippen molar-refractivity contribution in [1.82, 2.24) is 9.97 Å². The van der Waals surface area contributed by atoms with Crippen molar-refractivity contribution in [2.24, 2.45) is 0 Å². The lowest BCUT2D eigenvalue weighted by molar-refractivity contribution is 0.477. The number of nitrogens with zero attached hydrogens (tertiary/aromatic N) is 2. The largest absolute Gasteiger partial charge is 0.507 e. The maximum absolute atomic E-state index is 10.7. The number of phenols is 1. The molecule has 56 heavy (non-hydrogen) atoms. The Bertz CT molecular complexity index is 3050. The van der Waals surface area contributed by atoms with E-state index < -0.39 is 0 Å².